The summed E-state index contributed by atoms with van der Waals surface area (Å²) in [5.41, 5.74) is 0. The first-order valence-electron chi connectivity index (χ1n) is 5.81. The van der Waals surface area contributed by atoms with E-state index < -0.39 is 32.3 Å². The van der Waals surface area contributed by atoms with Crippen molar-refractivity contribution in [3.63, 3.8) is 0 Å². The van der Waals surface area contributed by atoms with E-state index in [2.05, 4.69) is 53.5 Å². The van der Waals surface area contributed by atoms with E-state index in [9.17, 15) is 8.78 Å². The van der Waals surface area contributed by atoms with Crippen LogP contribution in [0.25, 0.3) is 0 Å². The molecule has 0 aliphatic rings. The van der Waals surface area contributed by atoms with Gasteiger partial charge >= 0.3 is 9.76 Å². The normalized spacial score (nSPS) is 14.8. The van der Waals surface area contributed by atoms with Crippen LogP contribution in [0.15, 0.2) is 0 Å². The van der Waals surface area contributed by atoms with Gasteiger partial charge in [0.1, 0.15) is 16.5 Å². The van der Waals surface area contributed by atoms with Gasteiger partial charge in [0.2, 0.25) is 0 Å². The highest BCUT2D eigenvalue weighted by atomic mass is 28.4. The van der Waals surface area contributed by atoms with Crippen LogP contribution in [0.5, 0.6) is 0 Å². The summed E-state index contributed by atoms with van der Waals surface area (Å²) in [5.74, 6) is 0. The van der Waals surface area contributed by atoms with Gasteiger partial charge in [0, 0.05) is 0 Å². The van der Waals surface area contributed by atoms with E-state index in [-0.39, 0.29) is 5.04 Å². The maximum Gasteiger partial charge on any atom is 0.343 e. The maximum absolute atomic E-state index is 12.4. The largest absolute Gasteiger partial charge is 0.350 e. The van der Waals surface area contributed by atoms with E-state index in [0.29, 0.717) is 0 Å². The van der Waals surface area contributed by atoms with Crippen LogP contribution in [0.1, 0.15) is 20.8 Å². The van der Waals surface area contributed by atoms with E-state index >= 15 is 0 Å². The molecule has 2 nitrogen and oxygen atoms in total. The fraction of sp³-hybridized carbons (Fsp3) is 1.00. The lowest BCUT2D eigenvalue weighted by molar-refractivity contribution is 0.0807. The zero-order valence-electron chi connectivity index (χ0n) is 12.2. The van der Waals surface area contributed by atoms with Crippen LogP contribution in [0.3, 0.4) is 0 Å². The van der Waals surface area contributed by atoms with E-state index in [0.717, 1.165) is 0 Å². The fourth-order valence-corrected chi connectivity index (χ4v) is 12.3. The van der Waals surface area contributed by atoms with E-state index in [1.165, 1.54) is 0 Å². The molecule has 0 spiro atoms. The van der Waals surface area contributed by atoms with E-state index in [4.69, 9.17) is 4.53 Å². The predicted molar refractivity (Wildman–Crippen MR) is 75.2 cm³/mol. The highest BCUT2D eigenvalue weighted by molar-refractivity contribution is 6.91. The second-order valence-corrected chi connectivity index (χ2v) is 17.9. The molecule has 0 saturated heterocycles. The van der Waals surface area contributed by atoms with Crippen LogP contribution >= 0.6 is 0 Å². The second kappa shape index (κ2) is 5.60. The summed E-state index contributed by atoms with van der Waals surface area (Å²) < 4.78 is 32.2. The molecule has 0 bridgehead atoms. The van der Waals surface area contributed by atoms with Crippen molar-refractivity contribution in [2.75, 3.05) is 0 Å². The van der Waals surface area contributed by atoms with Crippen LogP contribution in [-0.2, 0) is 4.53 Å². The monoisotopic (exact) mass is 297 g/mol. The van der Waals surface area contributed by atoms with Crippen molar-refractivity contribution < 1.29 is 13.3 Å². The molecule has 0 fully saturated rings. The smallest absolute Gasteiger partial charge is 0.343 e. The van der Waals surface area contributed by atoms with Gasteiger partial charge in [0.25, 0.3) is 6.05 Å². The minimum Gasteiger partial charge on any atom is -0.350 e. The summed E-state index contributed by atoms with van der Waals surface area (Å²) in [7, 11) is -4.39. The first-order valence-corrected chi connectivity index (χ1v) is 13.2. The predicted octanol–water partition coefficient (Wildman–Crippen LogP) is 3.90. The summed E-state index contributed by atoms with van der Waals surface area (Å²) in [6, 6.07) is -2.38. The lowest BCUT2D eigenvalue weighted by atomic mass is 10.2. The van der Waals surface area contributed by atoms with Crippen molar-refractivity contribution in [2.45, 2.75) is 64.6 Å². The van der Waals surface area contributed by atoms with Crippen molar-refractivity contribution in [2.24, 2.45) is 0 Å². The molecule has 0 N–H and O–H groups in total. The minimum atomic E-state index is -2.38. The number of nitrogens with zero attached hydrogens (tertiary/aromatic N) is 1. The summed E-state index contributed by atoms with van der Waals surface area (Å²) in [6.07, 6.45) is 0. The third-order valence-corrected chi connectivity index (χ3v) is 13.8. The van der Waals surface area contributed by atoms with E-state index in [1.54, 1.807) is 0 Å². The summed E-state index contributed by atoms with van der Waals surface area (Å²) >= 11 is 0. The third kappa shape index (κ3) is 4.90. The Morgan fingerprint density at radius 2 is 1.47 bits per heavy atom. The molecule has 0 aliphatic heterocycles. The van der Waals surface area contributed by atoms with Crippen LogP contribution in [-0.4, -0.2) is 36.7 Å². The zero-order valence-corrected chi connectivity index (χ0v) is 15.2. The molecule has 0 unspecified atom stereocenters. The Morgan fingerprint density at radius 1 is 1.06 bits per heavy atom. The molecular weight excluding hydrogens is 272 g/mol. The Balaban J connectivity index is 5.06. The number of halogens is 2. The van der Waals surface area contributed by atoms with Gasteiger partial charge in [-0.1, -0.05) is 53.5 Å². The maximum atomic E-state index is 12.4. The van der Waals surface area contributed by atoms with Crippen LogP contribution in [0.2, 0.25) is 37.8 Å². The topological polar surface area (TPSA) is 12.5 Å². The Morgan fingerprint density at radius 3 is 1.71 bits per heavy atom. The van der Waals surface area contributed by atoms with Crippen molar-refractivity contribution in [3.05, 3.63) is 0 Å². The van der Waals surface area contributed by atoms with Crippen LogP contribution in [0.4, 0.5) is 8.78 Å². The van der Waals surface area contributed by atoms with E-state index in [1.807, 2.05) is 4.39 Å². The van der Waals surface area contributed by atoms with Gasteiger partial charge in [-0.15, -0.1) is 0 Å². The number of alkyl halides is 2. The number of rotatable bonds is 5. The molecule has 0 aromatic heterocycles. The van der Waals surface area contributed by atoms with Gasteiger partial charge < -0.3 is 4.53 Å². The van der Waals surface area contributed by atoms with Gasteiger partial charge in [-0.3, -0.25) is 0 Å². The molecule has 0 aliphatic carbocycles. The summed E-state index contributed by atoms with van der Waals surface area (Å²) in [6.45, 7) is 17.3. The van der Waals surface area contributed by atoms with Gasteiger partial charge in [-0.05, 0) is 5.04 Å². The molecule has 0 heterocycles. The molecule has 0 aromatic rings. The quantitative estimate of drug-likeness (QED) is 0.563. The fourth-order valence-electron chi connectivity index (χ4n) is 1.49. The van der Waals surface area contributed by atoms with Crippen LogP contribution < -0.4 is 0 Å². The average Bonchev–Trinajstić information content (AvgIpc) is 1.97. The molecule has 0 saturated carbocycles. The van der Waals surface area contributed by atoms with Crippen molar-refractivity contribution in [3.8, 4) is 0 Å². The first kappa shape index (κ1) is 17.4. The summed E-state index contributed by atoms with van der Waals surface area (Å²) in [4.78, 5) is 0. The molecule has 17 heavy (non-hydrogen) atoms. The molecule has 0 amide bonds. The van der Waals surface area contributed by atoms with Gasteiger partial charge in [-0.25, -0.2) is 13.2 Å². The van der Waals surface area contributed by atoms with Crippen LogP contribution in [0, 0.1) is 0 Å². The highest BCUT2D eigenvalue weighted by Gasteiger charge is 2.47. The standard InChI is InChI=1S/C10H25F2NOSi3/c1-10(2,3)17(7,8)13(16(4,5)6)14-15-9(11)12/h9H,1-8H3. The SMILES string of the molecule is CC(C)(C)[Si](C)(C)N(O[Si]C(F)F)[Si](C)(C)C. The third-order valence-electron chi connectivity index (χ3n) is 3.19. The van der Waals surface area contributed by atoms with Crippen molar-refractivity contribution in [1.82, 2.24) is 4.39 Å². The highest BCUT2D eigenvalue weighted by Crippen LogP contribution is 2.40. The van der Waals surface area contributed by atoms with Gasteiger partial charge in [0.05, 0.1) is 0 Å². The van der Waals surface area contributed by atoms with Crippen molar-refractivity contribution in [1.29, 1.82) is 0 Å². The van der Waals surface area contributed by atoms with Gasteiger partial charge in [0.15, 0.2) is 0 Å². The molecule has 7 heteroatoms. The lowest BCUT2D eigenvalue weighted by Crippen LogP contribution is -2.64. The molecule has 0 atom stereocenters. The second-order valence-electron chi connectivity index (χ2n) is 6.78. The molecule has 102 valence electrons. The number of hydrogen-bond acceptors (Lipinski definition) is 2. The molecule has 0 rings (SSSR count). The summed E-state index contributed by atoms with van der Waals surface area (Å²) in [5, 5.41) is 0.0971. The Labute approximate surface area is 109 Å². The average molecular weight is 298 g/mol. The first-order chi connectivity index (χ1) is 7.30. The molecular formula is C10H25F2NOSi3. The molecule has 2 radical (unpaired) electrons. The van der Waals surface area contributed by atoms with Gasteiger partial charge in [-0.2, -0.15) is 0 Å². The van der Waals surface area contributed by atoms with Crippen molar-refractivity contribution >= 4 is 26.2 Å². The Bertz CT molecular complexity index is 249. The minimum absolute atomic E-state index is 0.0971. The lowest BCUT2D eigenvalue weighted by Gasteiger charge is -2.50. The number of hydrogen-bond donors (Lipinski definition) is 0. The Kier molecular flexibility index (Phi) is 5.74. The Hall–Kier alpha value is 0.431. The molecule has 0 aromatic carbocycles. The zero-order chi connectivity index (χ0) is 14.1.